The molecule has 0 bridgehead atoms. The number of amides is 1. The van der Waals surface area contributed by atoms with Crippen LogP contribution in [0, 0.1) is 0 Å². The second-order valence-electron chi connectivity index (χ2n) is 6.82. The largest absolute Gasteiger partial charge is 0.489 e. The van der Waals surface area contributed by atoms with Crippen molar-refractivity contribution in [3.63, 3.8) is 0 Å². The normalized spacial score (nSPS) is 16.9. The van der Waals surface area contributed by atoms with Crippen molar-refractivity contribution >= 4 is 29.1 Å². The van der Waals surface area contributed by atoms with E-state index in [1.165, 1.54) is 0 Å². The maximum atomic E-state index is 11.9. The van der Waals surface area contributed by atoms with E-state index in [-0.39, 0.29) is 12.5 Å². The molecule has 0 unspecified atom stereocenters. The van der Waals surface area contributed by atoms with E-state index in [1.807, 2.05) is 0 Å². The Morgan fingerprint density at radius 3 is 2.63 bits per heavy atom. The minimum atomic E-state index is -0.611. The van der Waals surface area contributed by atoms with E-state index >= 15 is 0 Å². The molecule has 8 heteroatoms. The van der Waals surface area contributed by atoms with Gasteiger partial charge < -0.3 is 15.2 Å². The molecular formula is C19H29Cl2N3O3. The zero-order valence-corrected chi connectivity index (χ0v) is 17.3. The van der Waals surface area contributed by atoms with Crippen LogP contribution in [0.2, 0.25) is 10.0 Å². The number of benzene rings is 1. The lowest BCUT2D eigenvalue weighted by molar-refractivity contribution is -0.122. The highest BCUT2D eigenvalue weighted by Gasteiger charge is 2.21. The van der Waals surface area contributed by atoms with E-state index in [9.17, 15) is 9.90 Å². The summed E-state index contributed by atoms with van der Waals surface area (Å²) in [6.45, 7) is 7.27. The lowest BCUT2D eigenvalue weighted by Crippen LogP contribution is -2.51. The number of aliphatic hydroxyl groups is 1. The van der Waals surface area contributed by atoms with Crippen molar-refractivity contribution in [2.24, 2.45) is 0 Å². The first-order chi connectivity index (χ1) is 13.0. The van der Waals surface area contributed by atoms with Gasteiger partial charge >= 0.3 is 0 Å². The highest BCUT2D eigenvalue weighted by atomic mass is 35.5. The van der Waals surface area contributed by atoms with E-state index in [0.717, 1.165) is 45.6 Å². The van der Waals surface area contributed by atoms with Crippen molar-refractivity contribution in [3.8, 4) is 5.75 Å². The quantitative estimate of drug-likeness (QED) is 0.571. The number of piperazine rings is 1. The summed E-state index contributed by atoms with van der Waals surface area (Å²) in [7, 11) is 0. The van der Waals surface area contributed by atoms with Crippen LogP contribution in [0.4, 0.5) is 0 Å². The fourth-order valence-corrected chi connectivity index (χ4v) is 3.39. The molecule has 27 heavy (non-hydrogen) atoms. The van der Waals surface area contributed by atoms with E-state index in [1.54, 1.807) is 18.2 Å². The van der Waals surface area contributed by atoms with Crippen LogP contribution in [0.25, 0.3) is 0 Å². The van der Waals surface area contributed by atoms with Crippen molar-refractivity contribution in [2.75, 3.05) is 52.4 Å². The lowest BCUT2D eigenvalue weighted by Gasteiger charge is -2.35. The van der Waals surface area contributed by atoms with Gasteiger partial charge in [0.25, 0.3) is 0 Å². The predicted octanol–water partition coefficient (Wildman–Crippen LogP) is 2.27. The minimum Gasteiger partial charge on any atom is -0.489 e. The molecule has 6 nitrogen and oxygen atoms in total. The van der Waals surface area contributed by atoms with Gasteiger partial charge in [-0.15, -0.1) is 0 Å². The molecule has 1 amide bonds. The molecule has 0 aliphatic carbocycles. The van der Waals surface area contributed by atoms with E-state index in [0.29, 0.717) is 28.9 Å². The van der Waals surface area contributed by atoms with Gasteiger partial charge in [-0.2, -0.15) is 0 Å². The number of carbonyl (C=O) groups is 1. The SMILES string of the molecule is CCCCNC(=O)CN1CCN(C[C@H](O)COc2ccc(Cl)cc2Cl)CC1. The summed E-state index contributed by atoms with van der Waals surface area (Å²) in [4.78, 5) is 16.2. The van der Waals surface area contributed by atoms with Gasteiger partial charge in [-0.3, -0.25) is 14.6 Å². The number of hydrogen-bond donors (Lipinski definition) is 2. The van der Waals surface area contributed by atoms with Crippen LogP contribution >= 0.6 is 23.2 Å². The van der Waals surface area contributed by atoms with Crippen LogP contribution in [0.5, 0.6) is 5.75 Å². The smallest absolute Gasteiger partial charge is 0.234 e. The Bertz CT molecular complexity index is 596. The number of hydrogen-bond acceptors (Lipinski definition) is 5. The number of aliphatic hydroxyl groups excluding tert-OH is 1. The average molecular weight is 418 g/mol. The summed E-state index contributed by atoms with van der Waals surface area (Å²) in [5.74, 6) is 0.601. The molecule has 0 saturated carbocycles. The second kappa shape index (κ2) is 11.7. The Labute approximate surface area is 171 Å². The Hall–Kier alpha value is -1.05. The lowest BCUT2D eigenvalue weighted by atomic mass is 10.2. The van der Waals surface area contributed by atoms with Gasteiger partial charge in [0.05, 0.1) is 11.6 Å². The molecule has 0 spiro atoms. The monoisotopic (exact) mass is 417 g/mol. The second-order valence-corrected chi connectivity index (χ2v) is 7.66. The molecule has 1 aromatic rings. The van der Waals surface area contributed by atoms with Crippen LogP contribution in [0.3, 0.4) is 0 Å². The van der Waals surface area contributed by atoms with E-state index in [4.69, 9.17) is 27.9 Å². The third-order valence-electron chi connectivity index (χ3n) is 4.48. The Morgan fingerprint density at radius 1 is 1.26 bits per heavy atom. The topological polar surface area (TPSA) is 65.0 Å². The van der Waals surface area contributed by atoms with Crippen LogP contribution in [0.1, 0.15) is 19.8 Å². The number of β-amino-alcohol motifs (C(OH)–C–C–N with tert-alkyl or cyclic N) is 1. The van der Waals surface area contributed by atoms with Gasteiger partial charge in [0.15, 0.2) is 0 Å². The highest BCUT2D eigenvalue weighted by Crippen LogP contribution is 2.27. The summed E-state index contributed by atoms with van der Waals surface area (Å²) in [5, 5.41) is 14.1. The molecule has 152 valence electrons. The van der Waals surface area contributed by atoms with Gasteiger partial charge in [0.1, 0.15) is 18.5 Å². The molecule has 2 N–H and O–H groups in total. The highest BCUT2D eigenvalue weighted by molar-refractivity contribution is 6.35. The molecule has 1 aliphatic heterocycles. The predicted molar refractivity (Wildman–Crippen MR) is 109 cm³/mol. The summed E-state index contributed by atoms with van der Waals surface area (Å²) in [5.41, 5.74) is 0. The standard InChI is InChI=1S/C19H29Cl2N3O3/c1-2-3-6-22-19(26)13-24-9-7-23(8-10-24)12-16(25)14-27-18-5-4-15(20)11-17(18)21/h4-5,11,16,25H,2-3,6-10,12-14H2,1H3,(H,22,26)/t16-/m0/s1. The first-order valence-corrected chi connectivity index (χ1v) is 10.2. The number of rotatable bonds is 10. The zero-order valence-electron chi connectivity index (χ0n) is 15.8. The number of ether oxygens (including phenoxy) is 1. The van der Waals surface area contributed by atoms with Gasteiger partial charge in [-0.05, 0) is 24.6 Å². The summed E-state index contributed by atoms with van der Waals surface area (Å²) in [6, 6.07) is 5.01. The van der Waals surface area contributed by atoms with Crippen molar-refractivity contribution in [3.05, 3.63) is 28.2 Å². The first-order valence-electron chi connectivity index (χ1n) is 9.45. The Morgan fingerprint density at radius 2 is 1.96 bits per heavy atom. The number of unbranched alkanes of at least 4 members (excludes halogenated alkanes) is 1. The zero-order chi connectivity index (χ0) is 19.6. The van der Waals surface area contributed by atoms with Crippen LogP contribution in [-0.2, 0) is 4.79 Å². The number of nitrogens with zero attached hydrogens (tertiary/aromatic N) is 2. The molecule has 1 atom stereocenters. The number of halogens is 2. The molecule has 1 aromatic carbocycles. The fraction of sp³-hybridized carbons (Fsp3) is 0.632. The van der Waals surface area contributed by atoms with Gasteiger partial charge in [-0.1, -0.05) is 36.5 Å². The molecular weight excluding hydrogens is 389 g/mol. The molecule has 1 aliphatic rings. The Kier molecular flexibility index (Phi) is 9.65. The molecule has 1 fully saturated rings. The number of carbonyl (C=O) groups excluding carboxylic acids is 1. The third kappa shape index (κ3) is 8.23. The Balaban J connectivity index is 1.64. The van der Waals surface area contributed by atoms with E-state index < -0.39 is 6.10 Å². The maximum absolute atomic E-state index is 11.9. The van der Waals surface area contributed by atoms with Crippen LogP contribution in [0.15, 0.2) is 18.2 Å². The number of nitrogens with one attached hydrogen (secondary N) is 1. The van der Waals surface area contributed by atoms with Crippen LogP contribution in [-0.4, -0.2) is 79.3 Å². The molecule has 1 saturated heterocycles. The first kappa shape index (κ1) is 22.2. The van der Waals surface area contributed by atoms with Gasteiger partial charge in [0, 0.05) is 44.3 Å². The average Bonchev–Trinajstić information content (AvgIpc) is 2.63. The van der Waals surface area contributed by atoms with Crippen molar-refractivity contribution in [1.29, 1.82) is 0 Å². The maximum Gasteiger partial charge on any atom is 0.234 e. The molecule has 0 aromatic heterocycles. The van der Waals surface area contributed by atoms with Crippen molar-refractivity contribution < 1.29 is 14.6 Å². The van der Waals surface area contributed by atoms with E-state index in [2.05, 4.69) is 22.0 Å². The van der Waals surface area contributed by atoms with Gasteiger partial charge in [-0.25, -0.2) is 0 Å². The third-order valence-corrected chi connectivity index (χ3v) is 5.01. The summed E-state index contributed by atoms with van der Waals surface area (Å²) in [6.07, 6.45) is 1.48. The van der Waals surface area contributed by atoms with Crippen LogP contribution < -0.4 is 10.1 Å². The summed E-state index contributed by atoms with van der Waals surface area (Å²) >= 11 is 11.9. The van der Waals surface area contributed by atoms with Gasteiger partial charge in [0.2, 0.25) is 5.91 Å². The van der Waals surface area contributed by atoms with Crippen molar-refractivity contribution in [1.82, 2.24) is 15.1 Å². The van der Waals surface area contributed by atoms with Crippen molar-refractivity contribution in [2.45, 2.75) is 25.9 Å². The molecule has 2 rings (SSSR count). The summed E-state index contributed by atoms with van der Waals surface area (Å²) < 4.78 is 5.58. The molecule has 1 heterocycles. The fourth-order valence-electron chi connectivity index (χ4n) is 2.92. The molecule has 0 radical (unpaired) electrons. The minimum absolute atomic E-state index is 0.0881.